The van der Waals surface area contributed by atoms with Crippen LogP contribution in [0.3, 0.4) is 0 Å². The Morgan fingerprint density at radius 1 is 1.14 bits per heavy atom. The molecule has 7 nitrogen and oxygen atoms in total. The Balaban J connectivity index is 1.37. The van der Waals surface area contributed by atoms with Crippen LogP contribution in [0.1, 0.15) is 31.2 Å². The van der Waals surface area contributed by atoms with Crippen LogP contribution < -0.4 is 10.2 Å². The summed E-state index contributed by atoms with van der Waals surface area (Å²) in [7, 11) is -3.34. The average Bonchev–Trinajstić information content (AvgIpc) is 2.71. The number of carbonyl (C=O) groups is 1. The topological polar surface area (TPSA) is 73.0 Å². The number of carbonyl (C=O) groups excluding carboxylic acids is 1. The number of benzene rings is 1. The van der Waals surface area contributed by atoms with Crippen LogP contribution >= 0.6 is 0 Å². The summed E-state index contributed by atoms with van der Waals surface area (Å²) in [6.45, 7) is 8.17. The van der Waals surface area contributed by atoms with E-state index in [9.17, 15) is 13.2 Å². The van der Waals surface area contributed by atoms with Crippen molar-refractivity contribution >= 4 is 21.6 Å². The van der Waals surface area contributed by atoms with E-state index in [1.807, 2.05) is 0 Å². The van der Waals surface area contributed by atoms with Crippen molar-refractivity contribution < 1.29 is 13.2 Å². The van der Waals surface area contributed by atoms with Crippen LogP contribution in [-0.2, 0) is 14.8 Å². The van der Waals surface area contributed by atoms with E-state index in [-0.39, 0.29) is 5.91 Å². The molecule has 162 valence electrons. The minimum absolute atomic E-state index is 0.153. The molecule has 2 saturated heterocycles. The summed E-state index contributed by atoms with van der Waals surface area (Å²) >= 11 is 0. The van der Waals surface area contributed by atoms with E-state index in [0.29, 0.717) is 19.5 Å². The number of piperazine rings is 1. The van der Waals surface area contributed by atoms with E-state index in [0.717, 1.165) is 52.0 Å². The molecule has 1 aromatic carbocycles. The molecule has 0 spiro atoms. The van der Waals surface area contributed by atoms with Crippen molar-refractivity contribution in [2.45, 2.75) is 38.6 Å². The van der Waals surface area contributed by atoms with E-state index < -0.39 is 16.1 Å². The maximum Gasteiger partial charge on any atom is 0.238 e. The summed E-state index contributed by atoms with van der Waals surface area (Å²) in [5, 5.41) is 2.95. The molecule has 2 fully saturated rings. The minimum Gasteiger partial charge on any atom is -0.369 e. The minimum atomic E-state index is -3.34. The third-order valence-corrected chi connectivity index (χ3v) is 7.16. The largest absolute Gasteiger partial charge is 0.369 e. The van der Waals surface area contributed by atoms with Crippen LogP contribution in [0.5, 0.6) is 0 Å². The SMILES string of the molecule is Cc1cccc(N2CCN(CCCNC(=O)C3CCCCN3S(C)(=O)=O)CC2)c1. The highest BCUT2D eigenvalue weighted by molar-refractivity contribution is 7.88. The highest BCUT2D eigenvalue weighted by atomic mass is 32.2. The number of nitrogens with zero attached hydrogens (tertiary/aromatic N) is 3. The molecule has 2 aliphatic heterocycles. The van der Waals surface area contributed by atoms with Crippen molar-refractivity contribution in [2.75, 3.05) is 57.0 Å². The van der Waals surface area contributed by atoms with Crippen LogP contribution in [0.25, 0.3) is 0 Å². The molecule has 0 aliphatic carbocycles. The first-order valence-corrected chi connectivity index (χ1v) is 12.5. The van der Waals surface area contributed by atoms with Gasteiger partial charge in [0.25, 0.3) is 0 Å². The molecule has 0 bridgehead atoms. The fraction of sp³-hybridized carbons (Fsp3) is 0.667. The number of sulfonamides is 1. The lowest BCUT2D eigenvalue weighted by Crippen LogP contribution is -2.52. The number of amides is 1. The highest BCUT2D eigenvalue weighted by Crippen LogP contribution is 2.20. The fourth-order valence-corrected chi connectivity index (χ4v) is 5.37. The Hall–Kier alpha value is -1.64. The number of rotatable bonds is 7. The maximum absolute atomic E-state index is 12.5. The van der Waals surface area contributed by atoms with Gasteiger partial charge in [0.15, 0.2) is 0 Å². The third-order valence-electron chi connectivity index (χ3n) is 5.87. The molecule has 0 radical (unpaired) electrons. The van der Waals surface area contributed by atoms with Gasteiger partial charge in [-0.25, -0.2) is 8.42 Å². The molecular formula is C21H34N4O3S. The molecule has 1 unspecified atom stereocenters. The Morgan fingerprint density at radius 2 is 1.90 bits per heavy atom. The fourth-order valence-electron chi connectivity index (χ4n) is 4.25. The summed E-state index contributed by atoms with van der Waals surface area (Å²) in [4.78, 5) is 17.4. The number of piperidine rings is 1. The normalized spacial score (nSPS) is 21.9. The van der Waals surface area contributed by atoms with E-state index in [4.69, 9.17) is 0 Å². The van der Waals surface area contributed by atoms with Gasteiger partial charge in [-0.2, -0.15) is 4.31 Å². The van der Waals surface area contributed by atoms with E-state index in [2.05, 4.69) is 46.3 Å². The van der Waals surface area contributed by atoms with Gasteiger partial charge in [0.1, 0.15) is 6.04 Å². The second-order valence-electron chi connectivity index (χ2n) is 8.20. The second-order valence-corrected chi connectivity index (χ2v) is 10.1. The summed E-state index contributed by atoms with van der Waals surface area (Å²) in [5.74, 6) is -0.153. The molecule has 0 saturated carbocycles. The van der Waals surface area contributed by atoms with Gasteiger partial charge >= 0.3 is 0 Å². The van der Waals surface area contributed by atoms with Crippen molar-refractivity contribution in [3.8, 4) is 0 Å². The molecule has 0 aromatic heterocycles. The van der Waals surface area contributed by atoms with Crippen LogP contribution in [0.4, 0.5) is 5.69 Å². The summed E-state index contributed by atoms with van der Waals surface area (Å²) in [6, 6.07) is 8.09. The van der Waals surface area contributed by atoms with E-state index in [1.54, 1.807) is 0 Å². The summed E-state index contributed by atoms with van der Waals surface area (Å²) < 4.78 is 25.2. The van der Waals surface area contributed by atoms with Crippen LogP contribution in [0.15, 0.2) is 24.3 Å². The smallest absolute Gasteiger partial charge is 0.238 e. The Bertz CT molecular complexity index is 791. The van der Waals surface area contributed by atoms with Gasteiger partial charge in [-0.3, -0.25) is 9.69 Å². The second kappa shape index (κ2) is 9.91. The first-order valence-electron chi connectivity index (χ1n) is 10.6. The number of hydrogen-bond donors (Lipinski definition) is 1. The van der Waals surface area contributed by atoms with Gasteiger partial charge in [-0.1, -0.05) is 18.6 Å². The first-order chi connectivity index (χ1) is 13.8. The highest BCUT2D eigenvalue weighted by Gasteiger charge is 2.34. The zero-order valence-electron chi connectivity index (χ0n) is 17.6. The van der Waals surface area contributed by atoms with Crippen molar-refractivity contribution in [3.05, 3.63) is 29.8 Å². The molecule has 29 heavy (non-hydrogen) atoms. The molecule has 2 heterocycles. The lowest BCUT2D eigenvalue weighted by atomic mass is 10.0. The Morgan fingerprint density at radius 3 is 2.59 bits per heavy atom. The standard InChI is InChI=1S/C21H34N4O3S/c1-18-7-5-8-19(17-18)24-15-13-23(14-16-24)11-6-10-22-21(26)20-9-3-4-12-25(20)29(2,27)28/h5,7-8,17,20H,3-4,6,9-16H2,1-2H3,(H,22,26). The monoisotopic (exact) mass is 422 g/mol. The maximum atomic E-state index is 12.5. The van der Waals surface area contributed by atoms with E-state index >= 15 is 0 Å². The zero-order chi connectivity index (χ0) is 20.9. The number of hydrogen-bond acceptors (Lipinski definition) is 5. The lowest BCUT2D eigenvalue weighted by molar-refractivity contribution is -0.125. The predicted molar refractivity (Wildman–Crippen MR) is 117 cm³/mol. The summed E-state index contributed by atoms with van der Waals surface area (Å²) in [6.07, 6.45) is 4.40. The third kappa shape index (κ3) is 6.17. The molecule has 8 heteroatoms. The molecule has 2 aliphatic rings. The molecule has 1 atom stereocenters. The van der Waals surface area contributed by atoms with Gasteiger partial charge in [0.05, 0.1) is 6.26 Å². The molecule has 1 aromatic rings. The number of anilines is 1. The van der Waals surface area contributed by atoms with E-state index in [1.165, 1.54) is 21.8 Å². The van der Waals surface area contributed by atoms with Crippen LogP contribution in [-0.4, -0.2) is 81.6 Å². The van der Waals surface area contributed by atoms with Crippen LogP contribution in [0.2, 0.25) is 0 Å². The van der Waals surface area contributed by atoms with Crippen molar-refractivity contribution in [2.24, 2.45) is 0 Å². The molecule has 1 N–H and O–H groups in total. The molecular weight excluding hydrogens is 388 g/mol. The first kappa shape index (κ1) is 22.1. The van der Waals surface area contributed by atoms with Gasteiger partial charge < -0.3 is 10.2 Å². The van der Waals surface area contributed by atoms with Gasteiger partial charge in [-0.15, -0.1) is 0 Å². The number of nitrogens with one attached hydrogen (secondary N) is 1. The Labute approximate surface area is 175 Å². The zero-order valence-corrected chi connectivity index (χ0v) is 18.5. The Kier molecular flexibility index (Phi) is 7.54. The molecule has 3 rings (SSSR count). The van der Waals surface area contributed by atoms with Crippen molar-refractivity contribution in [1.82, 2.24) is 14.5 Å². The number of aryl methyl sites for hydroxylation is 1. The van der Waals surface area contributed by atoms with Gasteiger partial charge in [-0.05, 0) is 50.4 Å². The lowest BCUT2D eigenvalue weighted by Gasteiger charge is -2.36. The van der Waals surface area contributed by atoms with Crippen molar-refractivity contribution in [1.29, 1.82) is 0 Å². The van der Waals surface area contributed by atoms with Gasteiger partial charge in [0.2, 0.25) is 15.9 Å². The molecule has 1 amide bonds. The van der Waals surface area contributed by atoms with Crippen molar-refractivity contribution in [3.63, 3.8) is 0 Å². The predicted octanol–water partition coefficient (Wildman–Crippen LogP) is 1.44. The average molecular weight is 423 g/mol. The quantitative estimate of drug-likeness (QED) is 0.673. The van der Waals surface area contributed by atoms with Gasteiger partial charge in [0, 0.05) is 45.0 Å². The summed E-state index contributed by atoms with van der Waals surface area (Å²) in [5.41, 5.74) is 2.58. The van der Waals surface area contributed by atoms with Crippen LogP contribution in [0, 0.1) is 6.92 Å².